The van der Waals surface area contributed by atoms with Crippen LogP contribution in [0.1, 0.15) is 57.8 Å². The monoisotopic (exact) mass is 377 g/mol. The number of hydrogen-bond donors (Lipinski definition) is 2. The first-order valence-electron chi connectivity index (χ1n) is 9.80. The van der Waals surface area contributed by atoms with E-state index in [1.165, 1.54) is 57.8 Å². The number of piperidine rings is 2. The number of nitrogens with zero attached hydrogens (tertiary/aromatic N) is 1. The highest BCUT2D eigenvalue weighted by Crippen LogP contribution is 2.39. The van der Waals surface area contributed by atoms with Crippen LogP contribution >= 0.6 is 23.8 Å². The predicted molar refractivity (Wildman–Crippen MR) is 109 cm³/mol. The summed E-state index contributed by atoms with van der Waals surface area (Å²) in [6.45, 7) is 0. The van der Waals surface area contributed by atoms with Crippen LogP contribution in [0.15, 0.2) is 24.3 Å². The van der Waals surface area contributed by atoms with Gasteiger partial charge in [-0.15, -0.1) is 0 Å². The molecule has 1 aromatic rings. The fraction of sp³-hybridized carbons (Fsp3) is 0.650. The third-order valence-electron chi connectivity index (χ3n) is 6.23. The van der Waals surface area contributed by atoms with Gasteiger partial charge in [-0.2, -0.15) is 0 Å². The van der Waals surface area contributed by atoms with E-state index in [1.54, 1.807) is 0 Å². The predicted octanol–water partition coefficient (Wildman–Crippen LogP) is 4.95. The number of benzene rings is 1. The van der Waals surface area contributed by atoms with Gasteiger partial charge in [-0.3, -0.25) is 4.90 Å². The van der Waals surface area contributed by atoms with Crippen molar-refractivity contribution in [2.45, 2.75) is 82.0 Å². The Balaban J connectivity index is 1.36. The topological polar surface area (TPSA) is 27.3 Å². The Labute approximate surface area is 161 Å². The zero-order valence-corrected chi connectivity index (χ0v) is 16.3. The van der Waals surface area contributed by atoms with Crippen molar-refractivity contribution in [2.24, 2.45) is 0 Å². The average molecular weight is 378 g/mol. The summed E-state index contributed by atoms with van der Waals surface area (Å²) in [6.07, 6.45) is 12.2. The van der Waals surface area contributed by atoms with Crippen LogP contribution in [0, 0.1) is 0 Å². The molecule has 2 heterocycles. The summed E-state index contributed by atoms with van der Waals surface area (Å²) >= 11 is 11.8. The minimum atomic E-state index is 0.482. The van der Waals surface area contributed by atoms with Crippen LogP contribution in [0.2, 0.25) is 5.02 Å². The van der Waals surface area contributed by atoms with E-state index in [0.29, 0.717) is 16.2 Å². The van der Waals surface area contributed by atoms with Gasteiger partial charge in [0.2, 0.25) is 0 Å². The van der Waals surface area contributed by atoms with Crippen LogP contribution in [-0.4, -0.2) is 34.2 Å². The first-order chi connectivity index (χ1) is 12.2. The lowest BCUT2D eigenvalue weighted by Crippen LogP contribution is -2.59. The average Bonchev–Trinajstić information content (AvgIpc) is 3.10. The van der Waals surface area contributed by atoms with E-state index < -0.39 is 0 Å². The molecule has 1 aliphatic carbocycles. The lowest BCUT2D eigenvalue weighted by Gasteiger charge is -2.52. The molecule has 2 N–H and O–H groups in total. The Morgan fingerprint density at radius 1 is 0.960 bits per heavy atom. The van der Waals surface area contributed by atoms with E-state index >= 15 is 0 Å². The van der Waals surface area contributed by atoms with E-state index in [4.69, 9.17) is 23.8 Å². The van der Waals surface area contributed by atoms with Crippen molar-refractivity contribution in [2.75, 3.05) is 5.32 Å². The Hall–Kier alpha value is -0.840. The Morgan fingerprint density at radius 3 is 2.28 bits per heavy atom. The highest BCUT2D eigenvalue weighted by atomic mass is 35.5. The number of nitrogens with one attached hydrogen (secondary N) is 2. The van der Waals surface area contributed by atoms with Gasteiger partial charge in [-0.25, -0.2) is 0 Å². The van der Waals surface area contributed by atoms with Gasteiger partial charge in [0.25, 0.3) is 0 Å². The number of halogens is 1. The molecule has 2 atom stereocenters. The lowest BCUT2D eigenvalue weighted by atomic mass is 9.80. The molecule has 25 heavy (non-hydrogen) atoms. The van der Waals surface area contributed by atoms with Crippen LogP contribution in [0.25, 0.3) is 0 Å². The quantitative estimate of drug-likeness (QED) is 0.728. The summed E-state index contributed by atoms with van der Waals surface area (Å²) in [4.78, 5) is 2.90. The Kier molecular flexibility index (Phi) is 5.49. The number of anilines is 1. The van der Waals surface area contributed by atoms with Crippen LogP contribution in [0.3, 0.4) is 0 Å². The van der Waals surface area contributed by atoms with Crippen molar-refractivity contribution < 1.29 is 0 Å². The van der Waals surface area contributed by atoms with Gasteiger partial charge in [0.05, 0.1) is 10.7 Å². The smallest absolute Gasteiger partial charge is 0.171 e. The first kappa shape index (κ1) is 17.6. The fourth-order valence-electron chi connectivity index (χ4n) is 5.24. The lowest BCUT2D eigenvalue weighted by molar-refractivity contribution is -0.00596. The number of para-hydroxylation sites is 1. The van der Waals surface area contributed by atoms with E-state index in [-0.39, 0.29) is 0 Å². The van der Waals surface area contributed by atoms with Gasteiger partial charge in [0.1, 0.15) is 0 Å². The zero-order valence-electron chi connectivity index (χ0n) is 14.7. The molecule has 3 aliphatic rings. The second-order valence-electron chi connectivity index (χ2n) is 7.87. The van der Waals surface area contributed by atoms with Gasteiger partial charge < -0.3 is 10.6 Å². The van der Waals surface area contributed by atoms with Crippen molar-refractivity contribution in [1.82, 2.24) is 10.2 Å². The molecule has 4 rings (SSSR count). The maximum atomic E-state index is 6.22. The van der Waals surface area contributed by atoms with Crippen molar-refractivity contribution in [3.05, 3.63) is 29.3 Å². The molecule has 2 saturated heterocycles. The van der Waals surface area contributed by atoms with E-state index in [1.807, 2.05) is 24.3 Å². The molecular formula is C20H28ClN3S. The molecular weight excluding hydrogens is 350 g/mol. The maximum absolute atomic E-state index is 6.22. The van der Waals surface area contributed by atoms with Crippen molar-refractivity contribution >= 4 is 34.6 Å². The minimum absolute atomic E-state index is 0.482. The van der Waals surface area contributed by atoms with E-state index in [0.717, 1.165) is 23.8 Å². The molecule has 3 fully saturated rings. The first-order valence-corrected chi connectivity index (χ1v) is 10.6. The molecule has 0 amide bonds. The van der Waals surface area contributed by atoms with E-state index in [9.17, 15) is 0 Å². The Morgan fingerprint density at radius 2 is 1.60 bits per heavy atom. The molecule has 0 spiro atoms. The molecule has 136 valence electrons. The summed E-state index contributed by atoms with van der Waals surface area (Å²) in [5.41, 5.74) is 0.880. The molecule has 1 aromatic carbocycles. The third-order valence-corrected chi connectivity index (χ3v) is 6.78. The van der Waals surface area contributed by atoms with Crippen molar-refractivity contribution in [1.29, 1.82) is 0 Å². The highest BCUT2D eigenvalue weighted by Gasteiger charge is 2.42. The second-order valence-corrected chi connectivity index (χ2v) is 8.69. The largest absolute Gasteiger partial charge is 0.360 e. The van der Waals surface area contributed by atoms with Crippen LogP contribution in [-0.2, 0) is 0 Å². The van der Waals surface area contributed by atoms with E-state index in [2.05, 4.69) is 15.5 Å². The molecule has 2 aliphatic heterocycles. The zero-order chi connectivity index (χ0) is 17.2. The van der Waals surface area contributed by atoms with Gasteiger partial charge in [0, 0.05) is 24.2 Å². The van der Waals surface area contributed by atoms with Gasteiger partial charge >= 0.3 is 0 Å². The summed E-state index contributed by atoms with van der Waals surface area (Å²) < 4.78 is 0. The number of rotatable bonds is 3. The van der Waals surface area contributed by atoms with Crippen molar-refractivity contribution in [3.63, 3.8) is 0 Å². The molecule has 0 radical (unpaired) electrons. The van der Waals surface area contributed by atoms with Crippen LogP contribution in [0.4, 0.5) is 5.69 Å². The van der Waals surface area contributed by atoms with Crippen molar-refractivity contribution in [3.8, 4) is 0 Å². The number of hydrogen-bond acceptors (Lipinski definition) is 2. The van der Waals surface area contributed by atoms with Gasteiger partial charge in [0.15, 0.2) is 5.11 Å². The number of fused-ring (bicyclic) bond motifs is 2. The van der Waals surface area contributed by atoms with Gasteiger partial charge in [-0.1, -0.05) is 43.0 Å². The third kappa shape index (κ3) is 3.96. The summed E-state index contributed by atoms with van der Waals surface area (Å²) in [5.74, 6) is 0. The fourth-order valence-corrected chi connectivity index (χ4v) is 5.70. The summed E-state index contributed by atoms with van der Waals surface area (Å²) in [7, 11) is 0. The second kappa shape index (κ2) is 7.81. The molecule has 3 nitrogen and oxygen atoms in total. The molecule has 2 unspecified atom stereocenters. The molecule has 5 heteroatoms. The summed E-state index contributed by atoms with van der Waals surface area (Å²) in [6, 6.07) is 10.6. The Bertz CT molecular complexity index is 603. The standard InChI is InChI=1S/C20H28ClN3S/c21-18-10-3-4-11-19(18)23-20(25)22-14-12-16-8-5-9-17(13-14)24(16)15-6-1-2-7-15/h3-4,10-11,14-17H,1-2,5-9,12-13H2,(H2,22,23,25). The normalized spacial score (nSPS) is 30.2. The highest BCUT2D eigenvalue weighted by molar-refractivity contribution is 7.80. The van der Waals surface area contributed by atoms with Crippen LogP contribution < -0.4 is 10.6 Å². The van der Waals surface area contributed by atoms with Gasteiger partial charge in [-0.05, 0) is 62.9 Å². The van der Waals surface area contributed by atoms with Crippen LogP contribution in [0.5, 0.6) is 0 Å². The number of thiocarbonyl (C=S) groups is 1. The molecule has 2 bridgehead atoms. The SMILES string of the molecule is S=C(Nc1ccccc1Cl)NC1CC2CCCC(C1)N2C1CCCC1. The summed E-state index contributed by atoms with van der Waals surface area (Å²) in [5, 5.41) is 8.24. The maximum Gasteiger partial charge on any atom is 0.171 e. The molecule has 0 aromatic heterocycles. The molecule has 1 saturated carbocycles. The minimum Gasteiger partial charge on any atom is -0.360 e.